The number of rotatable bonds is 8. The summed E-state index contributed by atoms with van der Waals surface area (Å²) in [7, 11) is 4.34. The normalized spacial score (nSPS) is 10.9. The molecule has 10 aromatic rings. The van der Waals surface area contributed by atoms with E-state index in [4.69, 9.17) is 0 Å². The summed E-state index contributed by atoms with van der Waals surface area (Å²) in [5.74, 6) is 0. The zero-order valence-electron chi connectivity index (χ0n) is 28.0. The Morgan fingerprint density at radius 3 is 0.709 bits per heavy atom. The van der Waals surface area contributed by atoms with Crippen LogP contribution in [0.3, 0.4) is 0 Å². The standard InChI is InChI=1S/C20H10Br2S5.C20H12S5.BHNS/c21-19-9-7-17(26-19)15-5-3-13(24-15)11-1-2-12(23-11)14-4-6-16(25-14)18-8-10-20(22)27-18;1-3-13(21-11-1)15-5-7-17(23-15)19-9-10-20(25-19)18-8-6-16(24-18)14-4-2-12-22-14;1-2-3/h1-10H;1-12H;3H. The molecule has 10 aromatic heterocycles. The Hall–Kier alpha value is -1.83. The van der Waals surface area contributed by atoms with Crippen LogP contribution in [0.1, 0.15) is 0 Å². The van der Waals surface area contributed by atoms with Gasteiger partial charge in [-0.05, 0) is 152 Å². The Morgan fingerprint density at radius 2 is 0.527 bits per heavy atom. The van der Waals surface area contributed by atoms with E-state index in [2.05, 4.69) is 189 Å². The molecule has 0 saturated heterocycles. The maximum atomic E-state index is 4.34. The minimum absolute atomic E-state index is 1.18. The van der Waals surface area contributed by atoms with Gasteiger partial charge in [-0.2, -0.15) is 0 Å². The zero-order valence-corrected chi connectivity index (χ0v) is 40.2. The quantitative estimate of drug-likeness (QED) is 0.115. The molecule has 0 aliphatic carbocycles. The van der Waals surface area contributed by atoms with Crippen LogP contribution in [-0.4, -0.2) is 7.64 Å². The van der Waals surface area contributed by atoms with Crippen molar-refractivity contribution in [1.82, 2.24) is 0 Å². The Bertz CT molecular complexity index is 2560. The van der Waals surface area contributed by atoms with Gasteiger partial charge in [-0.1, -0.05) is 12.1 Å². The van der Waals surface area contributed by atoms with Gasteiger partial charge in [0.2, 0.25) is 0 Å². The monoisotopic (exact) mass is 1040 g/mol. The topological polar surface area (TPSA) is 12.4 Å². The van der Waals surface area contributed by atoms with Crippen molar-refractivity contribution in [3.05, 3.63) is 140 Å². The van der Waals surface area contributed by atoms with Crippen LogP contribution >= 0.6 is 158 Å². The predicted octanol–water partition coefficient (Wildman–Crippen LogP) is 19.0. The Morgan fingerprint density at radius 1 is 0.327 bits per heavy atom. The van der Waals surface area contributed by atoms with Crippen molar-refractivity contribution < 1.29 is 0 Å². The third-order valence-electron chi connectivity index (χ3n) is 7.77. The fourth-order valence-electron chi connectivity index (χ4n) is 5.35. The van der Waals surface area contributed by atoms with Crippen LogP contribution < -0.4 is 0 Å². The van der Waals surface area contributed by atoms with Gasteiger partial charge in [0.25, 0.3) is 0 Å². The van der Waals surface area contributed by atoms with Gasteiger partial charge in [0, 0.05) is 78.0 Å². The van der Waals surface area contributed by atoms with Crippen LogP contribution in [0.5, 0.6) is 0 Å². The molecule has 10 heterocycles. The predicted molar refractivity (Wildman–Crippen MR) is 268 cm³/mol. The molecule has 0 bridgehead atoms. The molecule has 55 heavy (non-hydrogen) atoms. The van der Waals surface area contributed by atoms with Gasteiger partial charge in [-0.25, -0.2) is 0 Å². The fourth-order valence-corrected chi connectivity index (χ4v) is 16.4. The first kappa shape index (κ1) is 40.0. The van der Waals surface area contributed by atoms with E-state index in [1.54, 1.807) is 45.3 Å². The summed E-state index contributed by atoms with van der Waals surface area (Å²) >= 11 is 28.7. The molecular formula is C40H23BBr2NS11. The van der Waals surface area contributed by atoms with Gasteiger partial charge in [-0.3, -0.25) is 0 Å². The van der Waals surface area contributed by atoms with Gasteiger partial charge >= 0.3 is 24.8 Å². The van der Waals surface area contributed by atoms with Crippen LogP contribution in [-0.2, 0) is 0 Å². The second-order valence-electron chi connectivity index (χ2n) is 11.3. The summed E-state index contributed by atoms with van der Waals surface area (Å²) in [5.41, 5.74) is 0. The summed E-state index contributed by atoms with van der Waals surface area (Å²) in [6, 6.07) is 44.2. The molecular weight excluding hydrogens is 1020 g/mol. The van der Waals surface area contributed by atoms with Crippen molar-refractivity contribution in [3.63, 3.8) is 0 Å². The van der Waals surface area contributed by atoms with Crippen molar-refractivity contribution in [2.75, 3.05) is 0 Å². The van der Waals surface area contributed by atoms with E-state index in [9.17, 15) is 0 Å². The average molecular weight is 1040 g/mol. The third kappa shape index (κ3) is 9.73. The number of thiol groups is 1. The van der Waals surface area contributed by atoms with Gasteiger partial charge in [0.1, 0.15) is 0 Å². The minimum Gasteiger partial charge on any atom is -0.143 e. The number of halogens is 2. The third-order valence-corrected chi connectivity index (χ3v) is 20.8. The van der Waals surface area contributed by atoms with Crippen molar-refractivity contribution in [2.45, 2.75) is 0 Å². The van der Waals surface area contributed by atoms with Gasteiger partial charge in [0.15, 0.2) is 0 Å². The van der Waals surface area contributed by atoms with Crippen LogP contribution in [0.15, 0.2) is 144 Å². The van der Waals surface area contributed by atoms with Crippen molar-refractivity contribution in [3.8, 4) is 78.0 Å². The molecule has 0 spiro atoms. The second kappa shape index (κ2) is 18.8. The molecule has 0 unspecified atom stereocenters. The molecule has 0 saturated carbocycles. The first-order valence-corrected chi connectivity index (χ1v) is 26.5. The van der Waals surface area contributed by atoms with Crippen LogP contribution in [0.4, 0.5) is 0 Å². The summed E-state index contributed by atoms with van der Waals surface area (Å²) in [6.07, 6.45) is 0. The first-order chi connectivity index (χ1) is 26.9. The van der Waals surface area contributed by atoms with Crippen molar-refractivity contribution >= 4 is 166 Å². The van der Waals surface area contributed by atoms with Gasteiger partial charge in [0.05, 0.1) is 7.57 Å². The summed E-state index contributed by atoms with van der Waals surface area (Å²) in [4.78, 5) is 21.5. The van der Waals surface area contributed by atoms with Crippen molar-refractivity contribution in [2.24, 2.45) is 4.30 Å². The average Bonchev–Trinajstić information content (AvgIpc) is 4.05. The smallest absolute Gasteiger partial charge is 0.0449 e. The molecule has 0 N–H and O–H groups in total. The Labute approximate surface area is 382 Å². The van der Waals surface area contributed by atoms with E-state index in [0.717, 1.165) is 0 Å². The molecule has 1 nitrogen and oxygen atoms in total. The summed E-state index contributed by atoms with van der Waals surface area (Å²) in [5, 5.41) is 4.28. The van der Waals surface area contributed by atoms with E-state index in [1.807, 2.05) is 68.0 Å². The van der Waals surface area contributed by atoms with E-state index in [1.165, 1.54) is 85.6 Å². The van der Waals surface area contributed by atoms with Gasteiger partial charge in [-0.15, -0.1) is 113 Å². The molecule has 0 amide bonds. The summed E-state index contributed by atoms with van der Waals surface area (Å²) in [6.45, 7) is 0. The van der Waals surface area contributed by atoms with Crippen LogP contribution in [0.2, 0.25) is 0 Å². The molecule has 10 rings (SSSR count). The zero-order chi connectivity index (χ0) is 37.7. The fraction of sp³-hybridized carbons (Fsp3) is 0. The number of hydrogen-bond donors (Lipinski definition) is 1. The van der Waals surface area contributed by atoms with Crippen LogP contribution in [0.25, 0.3) is 78.0 Å². The van der Waals surface area contributed by atoms with Gasteiger partial charge < -0.3 is 0 Å². The Kier molecular flexibility index (Phi) is 13.7. The molecule has 271 valence electrons. The molecule has 0 aliphatic rings. The molecule has 0 atom stereocenters. The SMILES string of the molecule is Brc1ccc(-c2ccc(-c3ccc(-c4ccc(-c5ccc(Br)s5)s4)s3)s2)s1.[B]=NS.c1csc(-c2ccc(-c3ccc(-c4ccc(-c5cccs5)s4)s3)s2)c1. The number of thiophene rings is 10. The van der Waals surface area contributed by atoms with E-state index >= 15 is 0 Å². The molecule has 15 heteroatoms. The van der Waals surface area contributed by atoms with Crippen LogP contribution in [0, 0.1) is 0 Å². The first-order valence-electron chi connectivity index (χ1n) is 16.2. The maximum absolute atomic E-state index is 4.34. The maximum Gasteiger partial charge on any atom is 0.0449 e. The molecule has 0 aliphatic heterocycles. The van der Waals surface area contributed by atoms with E-state index in [0.29, 0.717) is 0 Å². The molecule has 0 fully saturated rings. The van der Waals surface area contributed by atoms with E-state index in [-0.39, 0.29) is 0 Å². The Balaban J connectivity index is 0.000000146. The number of hydrogen-bond acceptors (Lipinski definition) is 12. The molecule has 1 radical (unpaired) electrons. The number of nitrogens with zero attached hydrogens (tertiary/aromatic N) is 1. The molecule has 0 aromatic carbocycles. The minimum atomic E-state index is 1.18. The van der Waals surface area contributed by atoms with E-state index < -0.39 is 0 Å². The largest absolute Gasteiger partial charge is 0.143 e. The van der Waals surface area contributed by atoms with Crippen molar-refractivity contribution in [1.29, 1.82) is 0 Å². The second-order valence-corrected chi connectivity index (χ2v) is 24.8. The summed E-state index contributed by atoms with van der Waals surface area (Å²) < 4.78 is 5.05.